The molecule has 1 aliphatic heterocycles. The number of benzene rings is 1. The second-order valence-electron chi connectivity index (χ2n) is 3.28. The number of hydrogen-bond donors (Lipinski definition) is 0. The van der Waals surface area contributed by atoms with Crippen molar-refractivity contribution in [3.63, 3.8) is 0 Å². The van der Waals surface area contributed by atoms with Crippen molar-refractivity contribution in [2.45, 2.75) is 6.10 Å². The summed E-state index contributed by atoms with van der Waals surface area (Å²) in [5, 5.41) is 0. The lowest BCUT2D eigenvalue weighted by Crippen LogP contribution is -2.01. The number of rotatable bonds is 4. The van der Waals surface area contributed by atoms with E-state index in [-0.39, 0.29) is 12.9 Å². The molecule has 0 amide bonds. The molecule has 0 radical (unpaired) electrons. The quantitative estimate of drug-likeness (QED) is 0.571. The molecule has 1 heterocycles. The smallest absolute Gasteiger partial charge is 0.231 e. The molecule has 1 unspecified atom stereocenters. The van der Waals surface area contributed by atoms with Gasteiger partial charge in [0.25, 0.3) is 0 Å². The molecule has 16 heavy (non-hydrogen) atoms. The second kappa shape index (κ2) is 4.73. The van der Waals surface area contributed by atoms with Gasteiger partial charge in [0.05, 0.1) is 6.61 Å². The van der Waals surface area contributed by atoms with Crippen molar-refractivity contribution < 1.29 is 14.2 Å². The fraction of sp³-hybridized carbons (Fsp3) is 0.231. The summed E-state index contributed by atoms with van der Waals surface area (Å²) in [7, 11) is 0. The Hall–Kier alpha value is -1.92. The van der Waals surface area contributed by atoms with Crippen molar-refractivity contribution >= 4 is 0 Å². The van der Waals surface area contributed by atoms with Crippen LogP contribution in [0, 0.1) is 12.3 Å². The SMILES string of the molecule is C#CC(OCC=C)c1ccc2c(c1)OCO2. The van der Waals surface area contributed by atoms with Gasteiger partial charge in [-0.3, -0.25) is 0 Å². The predicted octanol–water partition coefficient (Wildman–Crippen LogP) is 2.29. The Morgan fingerprint density at radius 3 is 3.06 bits per heavy atom. The van der Waals surface area contributed by atoms with Gasteiger partial charge in [0.2, 0.25) is 6.79 Å². The molecular weight excluding hydrogens is 204 g/mol. The fourth-order valence-electron chi connectivity index (χ4n) is 1.48. The van der Waals surface area contributed by atoms with E-state index in [1.54, 1.807) is 6.08 Å². The van der Waals surface area contributed by atoms with Crippen LogP contribution in [0.1, 0.15) is 11.7 Å². The van der Waals surface area contributed by atoms with Crippen LogP contribution in [0.3, 0.4) is 0 Å². The van der Waals surface area contributed by atoms with Crippen LogP contribution in [0.2, 0.25) is 0 Å². The molecule has 0 spiro atoms. The average molecular weight is 216 g/mol. The van der Waals surface area contributed by atoms with Crippen LogP contribution in [0.4, 0.5) is 0 Å². The van der Waals surface area contributed by atoms with Gasteiger partial charge in [-0.15, -0.1) is 13.0 Å². The third-order valence-electron chi connectivity index (χ3n) is 2.23. The maximum absolute atomic E-state index is 5.44. The van der Waals surface area contributed by atoms with Crippen LogP contribution in [-0.2, 0) is 4.74 Å². The van der Waals surface area contributed by atoms with Crippen molar-refractivity contribution in [2.24, 2.45) is 0 Å². The van der Waals surface area contributed by atoms with Crippen LogP contribution >= 0.6 is 0 Å². The van der Waals surface area contributed by atoms with E-state index in [1.807, 2.05) is 18.2 Å². The van der Waals surface area contributed by atoms with Crippen molar-refractivity contribution in [3.05, 3.63) is 36.4 Å². The van der Waals surface area contributed by atoms with Crippen molar-refractivity contribution in [1.29, 1.82) is 0 Å². The summed E-state index contributed by atoms with van der Waals surface area (Å²) >= 11 is 0. The molecule has 82 valence electrons. The molecule has 2 rings (SSSR count). The topological polar surface area (TPSA) is 27.7 Å². The highest BCUT2D eigenvalue weighted by molar-refractivity contribution is 5.46. The van der Waals surface area contributed by atoms with Gasteiger partial charge in [-0.05, 0) is 17.7 Å². The molecule has 0 aliphatic carbocycles. The van der Waals surface area contributed by atoms with Gasteiger partial charge in [-0.25, -0.2) is 0 Å². The molecule has 1 atom stereocenters. The lowest BCUT2D eigenvalue weighted by Gasteiger charge is -2.11. The van der Waals surface area contributed by atoms with Crippen LogP contribution in [0.15, 0.2) is 30.9 Å². The third-order valence-corrected chi connectivity index (χ3v) is 2.23. The molecule has 1 aromatic rings. The molecule has 0 bridgehead atoms. The van der Waals surface area contributed by atoms with Gasteiger partial charge in [-0.2, -0.15) is 0 Å². The van der Waals surface area contributed by atoms with Crippen LogP contribution < -0.4 is 9.47 Å². The van der Waals surface area contributed by atoms with Crippen molar-refractivity contribution in [3.8, 4) is 23.8 Å². The summed E-state index contributed by atoms with van der Waals surface area (Å²) in [4.78, 5) is 0. The lowest BCUT2D eigenvalue weighted by atomic mass is 10.1. The highest BCUT2D eigenvalue weighted by Gasteiger charge is 2.16. The second-order valence-corrected chi connectivity index (χ2v) is 3.28. The Morgan fingerprint density at radius 1 is 1.50 bits per heavy atom. The third kappa shape index (κ3) is 2.02. The summed E-state index contributed by atoms with van der Waals surface area (Å²) in [6, 6.07) is 5.55. The maximum Gasteiger partial charge on any atom is 0.231 e. The number of ether oxygens (including phenoxy) is 3. The molecule has 0 aromatic heterocycles. The Morgan fingerprint density at radius 2 is 2.31 bits per heavy atom. The van der Waals surface area contributed by atoms with E-state index < -0.39 is 0 Å². The van der Waals surface area contributed by atoms with E-state index in [2.05, 4.69) is 12.5 Å². The van der Waals surface area contributed by atoms with Gasteiger partial charge in [0.15, 0.2) is 11.5 Å². The average Bonchev–Trinajstić information content (AvgIpc) is 2.77. The molecule has 3 heteroatoms. The Kier molecular flexibility index (Phi) is 3.13. The first-order chi connectivity index (χ1) is 7.85. The van der Waals surface area contributed by atoms with E-state index >= 15 is 0 Å². The summed E-state index contributed by atoms with van der Waals surface area (Å²) in [6.07, 6.45) is 6.69. The Balaban J connectivity index is 2.19. The largest absolute Gasteiger partial charge is 0.454 e. The van der Waals surface area contributed by atoms with Crippen LogP contribution in [0.5, 0.6) is 11.5 Å². The highest BCUT2D eigenvalue weighted by atomic mass is 16.7. The zero-order valence-electron chi connectivity index (χ0n) is 8.81. The molecule has 0 saturated carbocycles. The van der Waals surface area contributed by atoms with Crippen LogP contribution in [-0.4, -0.2) is 13.4 Å². The molecule has 1 aliphatic rings. The van der Waals surface area contributed by atoms with Gasteiger partial charge >= 0.3 is 0 Å². The molecule has 1 aromatic carbocycles. The standard InChI is InChI=1S/C13H12O3/c1-3-7-14-11(4-2)10-5-6-12-13(8-10)16-9-15-12/h2-3,5-6,8,11H,1,7,9H2. The molecule has 0 N–H and O–H groups in total. The van der Waals surface area contributed by atoms with E-state index in [9.17, 15) is 0 Å². The minimum absolute atomic E-state index is 0.257. The highest BCUT2D eigenvalue weighted by Crippen LogP contribution is 2.34. The molecule has 0 fully saturated rings. The summed E-state index contributed by atoms with van der Waals surface area (Å²) in [5.41, 5.74) is 0.883. The van der Waals surface area contributed by atoms with Crippen molar-refractivity contribution in [1.82, 2.24) is 0 Å². The molecule has 3 nitrogen and oxygen atoms in total. The predicted molar refractivity (Wildman–Crippen MR) is 60.3 cm³/mol. The van der Waals surface area contributed by atoms with E-state index in [4.69, 9.17) is 20.6 Å². The Labute approximate surface area is 94.6 Å². The van der Waals surface area contributed by atoms with Gasteiger partial charge < -0.3 is 14.2 Å². The summed E-state index contributed by atoms with van der Waals surface area (Å²) in [5.74, 6) is 4.03. The summed E-state index contributed by atoms with van der Waals surface area (Å²) < 4.78 is 15.9. The zero-order valence-corrected chi connectivity index (χ0v) is 8.81. The van der Waals surface area contributed by atoms with Gasteiger partial charge in [-0.1, -0.05) is 18.1 Å². The van der Waals surface area contributed by atoms with Gasteiger partial charge in [0.1, 0.15) is 6.10 Å². The number of fused-ring (bicyclic) bond motifs is 1. The molecular formula is C13H12O3. The van der Waals surface area contributed by atoms with E-state index in [0.717, 1.165) is 11.3 Å². The van der Waals surface area contributed by atoms with Crippen LogP contribution in [0.25, 0.3) is 0 Å². The first-order valence-electron chi connectivity index (χ1n) is 4.93. The minimum Gasteiger partial charge on any atom is -0.454 e. The van der Waals surface area contributed by atoms with E-state index in [0.29, 0.717) is 12.4 Å². The molecule has 0 saturated heterocycles. The lowest BCUT2D eigenvalue weighted by molar-refractivity contribution is 0.117. The number of terminal acetylenes is 1. The van der Waals surface area contributed by atoms with Crippen molar-refractivity contribution in [2.75, 3.05) is 13.4 Å². The zero-order chi connectivity index (χ0) is 11.4. The normalized spacial score (nSPS) is 14.2. The number of hydrogen-bond acceptors (Lipinski definition) is 3. The Bertz CT molecular complexity index is 431. The summed E-state index contributed by atoms with van der Waals surface area (Å²) in [6.45, 7) is 4.26. The first-order valence-corrected chi connectivity index (χ1v) is 4.93. The maximum atomic E-state index is 5.44. The minimum atomic E-state index is -0.382. The van der Waals surface area contributed by atoms with E-state index in [1.165, 1.54) is 0 Å². The first kappa shape index (κ1) is 10.6. The monoisotopic (exact) mass is 216 g/mol. The van der Waals surface area contributed by atoms with Gasteiger partial charge in [0, 0.05) is 0 Å². The fourth-order valence-corrected chi connectivity index (χ4v) is 1.48.